The lowest BCUT2D eigenvalue weighted by Gasteiger charge is -2.27. The van der Waals surface area contributed by atoms with Gasteiger partial charge in [-0.2, -0.15) is 4.99 Å². The van der Waals surface area contributed by atoms with Gasteiger partial charge in [0.1, 0.15) is 6.54 Å². The number of fused-ring (bicyclic) bond motifs is 1. The molecule has 2 aliphatic heterocycles. The first-order valence-corrected chi connectivity index (χ1v) is 11.3. The number of aliphatic imine (C=N–C) groups is 1. The molecule has 1 fully saturated rings. The van der Waals surface area contributed by atoms with Crippen LogP contribution < -0.4 is 5.32 Å². The van der Waals surface area contributed by atoms with Gasteiger partial charge in [-0.1, -0.05) is 36.4 Å². The third-order valence-electron chi connectivity index (χ3n) is 5.37. The maximum absolute atomic E-state index is 12.6. The second-order valence-electron chi connectivity index (χ2n) is 7.55. The van der Waals surface area contributed by atoms with E-state index in [9.17, 15) is 9.59 Å². The van der Waals surface area contributed by atoms with E-state index in [4.69, 9.17) is 4.74 Å². The predicted molar refractivity (Wildman–Crippen MR) is 127 cm³/mol. The molecule has 8 heteroatoms. The number of para-hydroxylation sites is 2. The van der Waals surface area contributed by atoms with Crippen LogP contribution in [0.3, 0.4) is 0 Å². The largest absolute Gasteiger partial charge is 0.378 e. The van der Waals surface area contributed by atoms with Gasteiger partial charge in [-0.3, -0.25) is 9.59 Å². The van der Waals surface area contributed by atoms with Crippen molar-refractivity contribution in [2.75, 3.05) is 31.6 Å². The molecule has 2 aromatic carbocycles. The van der Waals surface area contributed by atoms with Crippen molar-refractivity contribution in [1.82, 2.24) is 9.47 Å². The molecule has 32 heavy (non-hydrogen) atoms. The molecule has 7 nitrogen and oxygen atoms in total. The number of nitrogens with one attached hydrogen (secondary N) is 1. The second kappa shape index (κ2) is 9.02. The molecule has 2 aliphatic rings. The monoisotopic (exact) mass is 446 g/mol. The molecule has 0 bridgehead atoms. The average molecular weight is 447 g/mol. The summed E-state index contributed by atoms with van der Waals surface area (Å²) in [6.07, 6.45) is 3.79. The van der Waals surface area contributed by atoms with Gasteiger partial charge in [-0.05, 0) is 36.0 Å². The van der Waals surface area contributed by atoms with E-state index in [-0.39, 0.29) is 18.4 Å². The van der Waals surface area contributed by atoms with Crippen molar-refractivity contribution < 1.29 is 14.3 Å². The number of anilines is 1. The standard InChI is InChI=1S/C24H22N4O3S/c29-22(25-18-6-2-1-3-7-18)16-28-15-17(19-8-4-5-9-20(19)28)14-21-23(30)26-24(32-21)27-10-12-31-13-11-27/h1-9,14-15H,10-13,16H2,(H,25,29). The van der Waals surface area contributed by atoms with E-state index in [2.05, 4.69) is 15.2 Å². The summed E-state index contributed by atoms with van der Waals surface area (Å²) in [6, 6.07) is 17.3. The summed E-state index contributed by atoms with van der Waals surface area (Å²) in [6.45, 7) is 2.94. The summed E-state index contributed by atoms with van der Waals surface area (Å²) in [5.74, 6) is -0.337. The van der Waals surface area contributed by atoms with E-state index >= 15 is 0 Å². The summed E-state index contributed by atoms with van der Waals surface area (Å²) >= 11 is 1.40. The average Bonchev–Trinajstić information content (AvgIpc) is 3.36. The summed E-state index contributed by atoms with van der Waals surface area (Å²) in [5, 5.41) is 4.64. The Hall–Kier alpha value is -3.36. The van der Waals surface area contributed by atoms with Gasteiger partial charge in [0, 0.05) is 41.4 Å². The second-order valence-corrected chi connectivity index (χ2v) is 8.56. The third kappa shape index (κ3) is 4.32. The normalized spacial score (nSPS) is 17.8. The molecule has 0 radical (unpaired) electrons. The van der Waals surface area contributed by atoms with E-state index < -0.39 is 0 Å². The molecule has 5 rings (SSSR count). The molecule has 0 atom stereocenters. The number of nitrogens with zero attached hydrogens (tertiary/aromatic N) is 3. The van der Waals surface area contributed by atoms with Gasteiger partial charge in [0.25, 0.3) is 5.91 Å². The van der Waals surface area contributed by atoms with Crippen LogP contribution in [0.25, 0.3) is 17.0 Å². The molecule has 0 spiro atoms. The number of morpholine rings is 1. The highest BCUT2D eigenvalue weighted by molar-refractivity contribution is 8.18. The molecule has 1 N–H and O–H groups in total. The minimum Gasteiger partial charge on any atom is -0.378 e. The van der Waals surface area contributed by atoms with Crippen LogP contribution in [0.4, 0.5) is 5.69 Å². The van der Waals surface area contributed by atoms with Gasteiger partial charge in [0.15, 0.2) is 5.17 Å². The van der Waals surface area contributed by atoms with Gasteiger partial charge in [0.2, 0.25) is 5.91 Å². The van der Waals surface area contributed by atoms with Gasteiger partial charge >= 0.3 is 0 Å². The number of amidine groups is 1. The maximum Gasteiger partial charge on any atom is 0.286 e. The lowest BCUT2D eigenvalue weighted by Crippen LogP contribution is -2.38. The van der Waals surface area contributed by atoms with Crippen molar-refractivity contribution in [3.63, 3.8) is 0 Å². The van der Waals surface area contributed by atoms with E-state index in [0.29, 0.717) is 18.1 Å². The number of carbonyl (C=O) groups is 2. The highest BCUT2D eigenvalue weighted by Crippen LogP contribution is 2.33. The highest BCUT2D eigenvalue weighted by atomic mass is 32.2. The lowest BCUT2D eigenvalue weighted by atomic mass is 10.1. The summed E-state index contributed by atoms with van der Waals surface area (Å²) in [4.78, 5) is 32.1. The fourth-order valence-corrected chi connectivity index (χ4v) is 4.78. The van der Waals surface area contributed by atoms with Crippen LogP contribution in [-0.4, -0.2) is 52.8 Å². The summed E-state index contributed by atoms with van der Waals surface area (Å²) in [5.41, 5.74) is 2.59. The number of aromatic nitrogens is 1. The Morgan fingerprint density at radius 3 is 2.66 bits per heavy atom. The molecule has 1 saturated heterocycles. The first-order chi connectivity index (χ1) is 15.7. The number of hydrogen-bond donors (Lipinski definition) is 1. The molecule has 0 unspecified atom stereocenters. The summed E-state index contributed by atoms with van der Waals surface area (Å²) in [7, 11) is 0. The van der Waals surface area contributed by atoms with Gasteiger partial charge in [0.05, 0.1) is 18.1 Å². The first-order valence-electron chi connectivity index (χ1n) is 10.5. The van der Waals surface area contributed by atoms with Crippen LogP contribution >= 0.6 is 11.8 Å². The van der Waals surface area contributed by atoms with Gasteiger partial charge in [-0.15, -0.1) is 0 Å². The molecule has 1 aromatic heterocycles. The zero-order valence-corrected chi connectivity index (χ0v) is 18.2. The molecular weight excluding hydrogens is 424 g/mol. The van der Waals surface area contributed by atoms with E-state index in [1.54, 1.807) is 0 Å². The Kier molecular flexibility index (Phi) is 5.79. The van der Waals surface area contributed by atoms with Crippen LogP contribution in [-0.2, 0) is 20.9 Å². The Bertz CT molecular complexity index is 1230. The predicted octanol–water partition coefficient (Wildman–Crippen LogP) is 3.58. The number of hydrogen-bond acceptors (Lipinski definition) is 5. The highest BCUT2D eigenvalue weighted by Gasteiger charge is 2.27. The third-order valence-corrected chi connectivity index (χ3v) is 6.41. The quantitative estimate of drug-likeness (QED) is 0.620. The zero-order valence-electron chi connectivity index (χ0n) is 17.4. The fraction of sp³-hybridized carbons (Fsp3) is 0.208. The van der Waals surface area contributed by atoms with Crippen molar-refractivity contribution in [2.45, 2.75) is 6.54 Å². The Morgan fingerprint density at radius 2 is 1.84 bits per heavy atom. The van der Waals surface area contributed by atoms with Crippen LogP contribution in [0.15, 0.2) is 70.7 Å². The maximum atomic E-state index is 12.6. The number of thioether (sulfide) groups is 1. The number of rotatable bonds is 4. The number of amides is 2. The Morgan fingerprint density at radius 1 is 1.09 bits per heavy atom. The SMILES string of the molecule is O=C(Cn1cc(C=C2SC(N3CCOCC3)=NC2=O)c2ccccc21)Nc1ccccc1. The van der Waals surface area contributed by atoms with Crippen molar-refractivity contribution in [1.29, 1.82) is 0 Å². The Labute approximate surface area is 189 Å². The van der Waals surface area contributed by atoms with Gasteiger partial charge in [-0.25, -0.2) is 0 Å². The smallest absolute Gasteiger partial charge is 0.286 e. The zero-order chi connectivity index (χ0) is 21.9. The van der Waals surface area contributed by atoms with Crippen LogP contribution in [0, 0.1) is 0 Å². The van der Waals surface area contributed by atoms with Crippen molar-refractivity contribution >= 4 is 51.4 Å². The van der Waals surface area contributed by atoms with Crippen LogP contribution in [0.1, 0.15) is 5.56 Å². The molecule has 162 valence electrons. The minimum atomic E-state index is -0.227. The van der Waals surface area contributed by atoms with E-state index in [0.717, 1.165) is 40.4 Å². The first kappa shape index (κ1) is 20.5. The van der Waals surface area contributed by atoms with Crippen LogP contribution in [0.2, 0.25) is 0 Å². The molecule has 3 aromatic rings. The molecule has 2 amide bonds. The minimum absolute atomic E-state index is 0.111. The molecule has 3 heterocycles. The van der Waals surface area contributed by atoms with Crippen LogP contribution in [0.5, 0.6) is 0 Å². The fourth-order valence-electron chi connectivity index (χ4n) is 3.83. The van der Waals surface area contributed by atoms with Gasteiger partial charge < -0.3 is 19.5 Å². The molecule has 0 aliphatic carbocycles. The topological polar surface area (TPSA) is 75.9 Å². The van der Waals surface area contributed by atoms with Crippen molar-refractivity contribution in [2.24, 2.45) is 4.99 Å². The summed E-state index contributed by atoms with van der Waals surface area (Å²) < 4.78 is 7.30. The van der Waals surface area contributed by atoms with Crippen molar-refractivity contribution in [3.05, 3.63) is 71.3 Å². The van der Waals surface area contributed by atoms with E-state index in [1.807, 2.05) is 71.4 Å². The Balaban J connectivity index is 1.38. The molecule has 0 saturated carbocycles. The number of carbonyl (C=O) groups excluding carboxylic acids is 2. The number of benzene rings is 2. The lowest BCUT2D eigenvalue weighted by molar-refractivity contribution is -0.116. The number of ether oxygens (including phenoxy) is 1. The van der Waals surface area contributed by atoms with E-state index in [1.165, 1.54) is 11.8 Å². The molecular formula is C24H22N4O3S. The van der Waals surface area contributed by atoms with Crippen molar-refractivity contribution in [3.8, 4) is 0 Å².